The Kier molecular flexibility index (Phi) is 2.32. The molecule has 0 fully saturated rings. The molecule has 6 heteroatoms. The smallest absolute Gasteiger partial charge is 0.335 e. The van der Waals surface area contributed by atoms with Crippen molar-refractivity contribution in [2.45, 2.75) is 0 Å². The minimum atomic E-state index is -0.694. The number of hydrogen-bond donors (Lipinski definition) is 1. The number of amides is 1. The normalized spacial score (nSPS) is 23.5. The maximum atomic E-state index is 11.4. The van der Waals surface area contributed by atoms with Gasteiger partial charge in [-0.25, -0.2) is 10.2 Å². The lowest BCUT2D eigenvalue weighted by Crippen LogP contribution is -2.30. The van der Waals surface area contributed by atoms with Crippen molar-refractivity contribution in [3.05, 3.63) is 22.8 Å². The van der Waals surface area contributed by atoms with Crippen LogP contribution in [0.1, 0.15) is 0 Å². The molecule has 1 N–H and O–H groups in total. The third-order valence-corrected chi connectivity index (χ3v) is 2.38. The summed E-state index contributed by atoms with van der Waals surface area (Å²) in [6.45, 7) is 0. The van der Waals surface area contributed by atoms with Gasteiger partial charge in [-0.15, -0.1) is 0 Å². The molecule has 5 nitrogen and oxygen atoms in total. The molecule has 2 aliphatic rings. The van der Waals surface area contributed by atoms with Crippen LogP contribution >= 0.6 is 11.6 Å². The molecule has 0 aromatic carbocycles. The molecule has 1 aliphatic carbocycles. The second kappa shape index (κ2) is 3.51. The number of rotatable bonds is 1. The number of fused-ring (bicyclic) bond motifs is 1. The Morgan fingerprint density at radius 2 is 2.33 bits per heavy atom. The third-order valence-electron chi connectivity index (χ3n) is 2.16. The number of allylic oxidation sites excluding steroid dienone is 3. The van der Waals surface area contributed by atoms with Crippen LogP contribution < -0.4 is 5.43 Å². The number of hydrogen-bond acceptors (Lipinski definition) is 4. The van der Waals surface area contributed by atoms with Gasteiger partial charge in [0.25, 0.3) is 5.91 Å². The molecule has 0 aromatic rings. The lowest BCUT2D eigenvalue weighted by atomic mass is 9.90. The Morgan fingerprint density at radius 3 is 3.00 bits per heavy atom. The molecule has 0 saturated carbocycles. The number of carbonyl (C=O) groups excluding carboxylic acids is 2. The fraction of sp³-hybridized carbons (Fsp3) is 0.222. The molecule has 0 saturated heterocycles. The Balaban J connectivity index is 2.44. The molecule has 1 amide bonds. The lowest BCUT2D eigenvalue weighted by Gasteiger charge is -2.14. The first-order valence-corrected chi connectivity index (χ1v) is 4.56. The molecule has 1 heterocycles. The summed E-state index contributed by atoms with van der Waals surface area (Å²) in [7, 11) is 1.25. The van der Waals surface area contributed by atoms with Crippen LogP contribution in [0.25, 0.3) is 0 Å². The Labute approximate surface area is 90.4 Å². The molecule has 0 aromatic heterocycles. The van der Waals surface area contributed by atoms with Gasteiger partial charge in [-0.2, -0.15) is 5.10 Å². The maximum absolute atomic E-state index is 11.4. The van der Waals surface area contributed by atoms with Crippen molar-refractivity contribution in [3.8, 4) is 0 Å². The number of ether oxygens (including phenoxy) is 1. The molecule has 0 spiro atoms. The zero-order valence-electron chi connectivity index (χ0n) is 7.78. The molecule has 1 atom stereocenters. The molecular formula is C9H7ClN2O3. The minimum absolute atomic E-state index is 0.207. The number of methoxy groups -OCH3 is 1. The van der Waals surface area contributed by atoms with E-state index < -0.39 is 11.9 Å². The molecule has 1 unspecified atom stereocenters. The van der Waals surface area contributed by atoms with Crippen LogP contribution in [0, 0.1) is 5.92 Å². The van der Waals surface area contributed by atoms with Crippen LogP contribution in [0.5, 0.6) is 0 Å². The van der Waals surface area contributed by atoms with E-state index in [9.17, 15) is 9.59 Å². The molecule has 0 radical (unpaired) electrons. The molecule has 1 aliphatic heterocycles. The lowest BCUT2D eigenvalue weighted by molar-refractivity contribution is -0.137. The van der Waals surface area contributed by atoms with Crippen molar-refractivity contribution in [2.75, 3.05) is 7.11 Å². The molecular weight excluding hydrogens is 220 g/mol. The van der Waals surface area contributed by atoms with E-state index in [1.165, 1.54) is 19.3 Å². The van der Waals surface area contributed by atoms with Crippen molar-refractivity contribution >= 4 is 29.2 Å². The van der Waals surface area contributed by atoms with Gasteiger partial charge in [0.1, 0.15) is 5.92 Å². The zero-order chi connectivity index (χ0) is 11.0. The number of carbonyl (C=O) groups is 2. The predicted octanol–water partition coefficient (Wildman–Crippen LogP) is 0.324. The number of hydrazone groups is 1. The fourth-order valence-electron chi connectivity index (χ4n) is 1.51. The van der Waals surface area contributed by atoms with Crippen molar-refractivity contribution in [2.24, 2.45) is 11.0 Å². The first-order chi connectivity index (χ1) is 7.13. The Bertz CT molecular complexity index is 437. The summed E-state index contributed by atoms with van der Waals surface area (Å²) in [6, 6.07) is 0. The van der Waals surface area contributed by atoms with Crippen LogP contribution in [0.2, 0.25) is 0 Å². The number of halogens is 1. The largest absolute Gasteiger partial charge is 0.466 e. The highest BCUT2D eigenvalue weighted by atomic mass is 35.5. The van der Waals surface area contributed by atoms with Crippen molar-refractivity contribution in [3.63, 3.8) is 0 Å². The van der Waals surface area contributed by atoms with Crippen LogP contribution in [0.15, 0.2) is 27.9 Å². The van der Waals surface area contributed by atoms with Crippen molar-refractivity contribution in [1.29, 1.82) is 0 Å². The van der Waals surface area contributed by atoms with E-state index in [-0.39, 0.29) is 11.5 Å². The van der Waals surface area contributed by atoms with Crippen molar-refractivity contribution < 1.29 is 14.3 Å². The SMILES string of the molecule is COC(=O)C1=CC(Cl)=CC2=NNC(=O)C12. The summed E-state index contributed by atoms with van der Waals surface area (Å²) in [5.41, 5.74) is 2.93. The highest BCUT2D eigenvalue weighted by Crippen LogP contribution is 2.27. The average molecular weight is 227 g/mol. The summed E-state index contributed by atoms with van der Waals surface area (Å²) >= 11 is 5.78. The first kappa shape index (κ1) is 9.92. The van der Waals surface area contributed by atoms with E-state index in [0.29, 0.717) is 10.7 Å². The maximum Gasteiger partial charge on any atom is 0.335 e. The topological polar surface area (TPSA) is 67.8 Å². The summed E-state index contributed by atoms with van der Waals surface area (Å²) in [6.07, 6.45) is 2.96. The van der Waals surface area contributed by atoms with E-state index >= 15 is 0 Å². The molecule has 0 bridgehead atoms. The van der Waals surface area contributed by atoms with E-state index in [1.807, 2.05) is 0 Å². The van der Waals surface area contributed by atoms with E-state index in [0.717, 1.165) is 0 Å². The average Bonchev–Trinajstić information content (AvgIpc) is 2.58. The van der Waals surface area contributed by atoms with Crippen LogP contribution in [-0.4, -0.2) is 24.7 Å². The van der Waals surface area contributed by atoms with Crippen LogP contribution in [0.3, 0.4) is 0 Å². The van der Waals surface area contributed by atoms with Crippen LogP contribution in [0.4, 0.5) is 0 Å². The van der Waals surface area contributed by atoms with Gasteiger partial charge in [-0.3, -0.25) is 4.79 Å². The van der Waals surface area contributed by atoms with Gasteiger partial charge in [0, 0.05) is 5.03 Å². The third kappa shape index (κ3) is 1.55. The first-order valence-electron chi connectivity index (χ1n) is 4.18. The van der Waals surface area contributed by atoms with E-state index in [4.69, 9.17) is 11.6 Å². The number of nitrogens with one attached hydrogen (secondary N) is 1. The quantitative estimate of drug-likeness (QED) is 0.655. The summed E-state index contributed by atoms with van der Waals surface area (Å²) in [5.74, 6) is -1.61. The predicted molar refractivity (Wildman–Crippen MR) is 53.1 cm³/mol. The molecule has 78 valence electrons. The minimum Gasteiger partial charge on any atom is -0.466 e. The summed E-state index contributed by atoms with van der Waals surface area (Å²) in [4.78, 5) is 22.8. The summed E-state index contributed by atoms with van der Waals surface area (Å²) < 4.78 is 4.57. The second-order valence-electron chi connectivity index (χ2n) is 3.07. The van der Waals surface area contributed by atoms with Gasteiger partial charge >= 0.3 is 5.97 Å². The van der Waals surface area contributed by atoms with Gasteiger partial charge in [0.2, 0.25) is 0 Å². The van der Waals surface area contributed by atoms with Crippen molar-refractivity contribution in [1.82, 2.24) is 5.43 Å². The highest BCUT2D eigenvalue weighted by Gasteiger charge is 2.38. The number of nitrogens with zero attached hydrogens (tertiary/aromatic N) is 1. The van der Waals surface area contributed by atoms with Gasteiger partial charge in [0.15, 0.2) is 0 Å². The molecule has 2 rings (SSSR count). The Hall–Kier alpha value is -1.62. The van der Waals surface area contributed by atoms with Gasteiger partial charge in [-0.05, 0) is 12.2 Å². The van der Waals surface area contributed by atoms with Crippen LogP contribution in [-0.2, 0) is 14.3 Å². The number of esters is 1. The fourth-order valence-corrected chi connectivity index (χ4v) is 1.74. The monoisotopic (exact) mass is 226 g/mol. The zero-order valence-corrected chi connectivity index (χ0v) is 8.54. The van der Waals surface area contributed by atoms with Gasteiger partial charge in [0.05, 0.1) is 18.4 Å². The van der Waals surface area contributed by atoms with Gasteiger partial charge in [-0.1, -0.05) is 11.6 Å². The second-order valence-corrected chi connectivity index (χ2v) is 3.50. The standard InChI is InChI=1S/C9H7ClN2O3/c1-15-9(14)5-2-4(10)3-6-7(5)8(13)12-11-6/h2-3,7H,1H3,(H,12,13). The Morgan fingerprint density at radius 1 is 1.60 bits per heavy atom. The summed E-state index contributed by atoms with van der Waals surface area (Å²) in [5, 5.41) is 4.11. The highest BCUT2D eigenvalue weighted by molar-refractivity contribution is 6.36. The van der Waals surface area contributed by atoms with Gasteiger partial charge < -0.3 is 4.74 Å². The van der Waals surface area contributed by atoms with E-state index in [1.54, 1.807) is 0 Å². The van der Waals surface area contributed by atoms with E-state index in [2.05, 4.69) is 15.3 Å². The molecule has 15 heavy (non-hydrogen) atoms.